The number of hydrogen-bond acceptors (Lipinski definition) is 5. The lowest BCUT2D eigenvalue weighted by atomic mass is 9.63. The summed E-state index contributed by atoms with van der Waals surface area (Å²) in [5.74, 6) is -0.296. The number of ether oxygens (including phenoxy) is 2. The van der Waals surface area contributed by atoms with E-state index in [9.17, 15) is 14.7 Å². The van der Waals surface area contributed by atoms with Gasteiger partial charge in [-0.15, -0.1) is 0 Å². The van der Waals surface area contributed by atoms with Gasteiger partial charge < -0.3 is 14.6 Å². The number of carbonyl (C=O) groups excluding carboxylic acids is 2. The van der Waals surface area contributed by atoms with Crippen molar-refractivity contribution in [2.45, 2.75) is 37.6 Å². The molecular weight excluding hydrogens is 260 g/mol. The zero-order valence-corrected chi connectivity index (χ0v) is 11.3. The molecule has 0 radical (unpaired) electrons. The summed E-state index contributed by atoms with van der Waals surface area (Å²) in [6, 6.07) is 0. The number of carbonyl (C=O) groups is 2. The molecule has 1 N–H and O–H groups in total. The minimum Gasteiger partial charge on any atom is -0.466 e. The molecule has 5 nitrogen and oxygen atoms in total. The predicted molar refractivity (Wildman–Crippen MR) is 67.6 cm³/mol. The van der Waals surface area contributed by atoms with Crippen molar-refractivity contribution in [2.24, 2.45) is 23.7 Å². The highest BCUT2D eigenvalue weighted by Gasteiger charge is 2.72. The molecule has 1 aliphatic heterocycles. The van der Waals surface area contributed by atoms with Crippen LogP contribution in [0.5, 0.6) is 0 Å². The van der Waals surface area contributed by atoms with Gasteiger partial charge in [0.05, 0.1) is 13.0 Å². The second-order valence-electron chi connectivity index (χ2n) is 6.35. The molecule has 3 aliphatic carbocycles. The zero-order valence-electron chi connectivity index (χ0n) is 11.3. The Kier molecular flexibility index (Phi) is 2.46. The lowest BCUT2D eigenvalue weighted by molar-refractivity contribution is -0.158. The molecule has 0 aromatic rings. The van der Waals surface area contributed by atoms with Crippen molar-refractivity contribution < 1.29 is 24.2 Å². The van der Waals surface area contributed by atoms with Gasteiger partial charge in [-0.1, -0.05) is 12.2 Å². The van der Waals surface area contributed by atoms with Crippen molar-refractivity contribution in [3.05, 3.63) is 12.2 Å². The molecule has 4 aliphatic rings. The van der Waals surface area contributed by atoms with Crippen LogP contribution in [0.15, 0.2) is 12.2 Å². The molecule has 20 heavy (non-hydrogen) atoms. The van der Waals surface area contributed by atoms with E-state index in [1.807, 2.05) is 0 Å². The molecule has 1 heterocycles. The summed E-state index contributed by atoms with van der Waals surface area (Å²) < 4.78 is 10.4. The molecule has 4 rings (SSSR count). The van der Waals surface area contributed by atoms with Gasteiger partial charge in [0.25, 0.3) is 0 Å². The fourth-order valence-corrected chi connectivity index (χ4v) is 4.64. The van der Waals surface area contributed by atoms with Gasteiger partial charge in [0, 0.05) is 11.8 Å². The first-order chi connectivity index (χ1) is 9.56. The molecule has 0 aromatic carbocycles. The molecule has 2 bridgehead atoms. The lowest BCUT2D eigenvalue weighted by Crippen LogP contribution is -2.56. The molecule has 3 fully saturated rings. The van der Waals surface area contributed by atoms with Crippen LogP contribution in [0.2, 0.25) is 0 Å². The van der Waals surface area contributed by atoms with E-state index in [2.05, 4.69) is 12.2 Å². The summed E-state index contributed by atoms with van der Waals surface area (Å²) >= 11 is 0. The fraction of sp³-hybridized carbons (Fsp3) is 0.733. The van der Waals surface area contributed by atoms with E-state index in [0.29, 0.717) is 6.61 Å². The minimum atomic E-state index is -1.25. The normalized spacial score (nSPS) is 50.8. The van der Waals surface area contributed by atoms with Crippen LogP contribution in [0.4, 0.5) is 0 Å². The highest BCUT2D eigenvalue weighted by atomic mass is 16.6. The molecule has 1 saturated heterocycles. The Labute approximate surface area is 116 Å². The minimum absolute atomic E-state index is 0.0759. The maximum Gasteiger partial charge on any atom is 0.308 e. The average molecular weight is 278 g/mol. The summed E-state index contributed by atoms with van der Waals surface area (Å²) in [4.78, 5) is 24.2. The molecule has 0 amide bonds. The van der Waals surface area contributed by atoms with Crippen LogP contribution in [-0.4, -0.2) is 41.3 Å². The summed E-state index contributed by atoms with van der Waals surface area (Å²) in [5, 5.41) is 11.1. The maximum atomic E-state index is 12.4. The van der Waals surface area contributed by atoms with E-state index < -0.39 is 23.8 Å². The van der Waals surface area contributed by atoms with E-state index in [4.69, 9.17) is 9.47 Å². The number of ketones is 1. The Morgan fingerprint density at radius 2 is 2.25 bits per heavy atom. The number of allylic oxidation sites excluding steroid dienone is 2. The Morgan fingerprint density at radius 1 is 1.50 bits per heavy atom. The quantitative estimate of drug-likeness (QED) is 0.461. The van der Waals surface area contributed by atoms with Gasteiger partial charge in [0.1, 0.15) is 17.8 Å². The Hall–Kier alpha value is -1.20. The number of aliphatic hydroxyl groups is 1. The predicted octanol–water partition coefficient (Wildman–Crippen LogP) is 0.459. The summed E-state index contributed by atoms with van der Waals surface area (Å²) in [6.07, 6.45) is 3.96. The van der Waals surface area contributed by atoms with Crippen LogP contribution >= 0.6 is 0 Å². The monoisotopic (exact) mass is 278 g/mol. The smallest absolute Gasteiger partial charge is 0.308 e. The lowest BCUT2D eigenvalue weighted by Gasteiger charge is -2.42. The van der Waals surface area contributed by atoms with Gasteiger partial charge >= 0.3 is 5.97 Å². The highest BCUT2D eigenvalue weighted by molar-refractivity contribution is 5.92. The second kappa shape index (κ2) is 3.92. The van der Waals surface area contributed by atoms with Gasteiger partial charge in [-0.05, 0) is 25.2 Å². The fourth-order valence-electron chi connectivity index (χ4n) is 4.64. The van der Waals surface area contributed by atoms with Gasteiger partial charge in [-0.25, -0.2) is 0 Å². The first kappa shape index (κ1) is 12.5. The number of Topliss-reactive ketones (excluding diaryl/α,β-unsaturated/α-hetero) is 1. The molecule has 108 valence electrons. The number of hydrogen-bond donors (Lipinski definition) is 1. The molecule has 0 unspecified atom stereocenters. The standard InChI is InChI=1S/C15H18O5/c1-2-19-9(16)6-15(18)11-8-4-3-7(5-8)10(11)12(17)13-14(15)20-13/h3-4,7-8,10-11,13-14,18H,2,5-6H2,1H3/t7-,8+,10-,11+,13+,14+,15+/m1/s1. The van der Waals surface area contributed by atoms with Crippen LogP contribution < -0.4 is 0 Å². The Morgan fingerprint density at radius 3 is 3.00 bits per heavy atom. The third kappa shape index (κ3) is 1.45. The molecular formula is C15H18O5. The van der Waals surface area contributed by atoms with Gasteiger partial charge in [-0.2, -0.15) is 0 Å². The van der Waals surface area contributed by atoms with Crippen LogP contribution in [0.3, 0.4) is 0 Å². The Bertz CT molecular complexity index is 512. The van der Waals surface area contributed by atoms with E-state index in [0.717, 1.165) is 6.42 Å². The van der Waals surface area contributed by atoms with E-state index in [1.165, 1.54) is 0 Å². The Balaban J connectivity index is 1.67. The van der Waals surface area contributed by atoms with Crippen LogP contribution in [0.1, 0.15) is 19.8 Å². The SMILES string of the molecule is CCOC(=O)C[C@]1(O)[C@@H]2[C@H](C(=O)[C@@H]3O[C@@H]31)[C@@H]1C=C[C@H]2C1. The van der Waals surface area contributed by atoms with Gasteiger partial charge in [0.2, 0.25) is 0 Å². The topological polar surface area (TPSA) is 76.1 Å². The summed E-state index contributed by atoms with van der Waals surface area (Å²) in [6.45, 7) is 2.04. The van der Waals surface area contributed by atoms with Crippen LogP contribution in [0, 0.1) is 23.7 Å². The van der Waals surface area contributed by atoms with Crippen LogP contribution in [0.25, 0.3) is 0 Å². The largest absolute Gasteiger partial charge is 0.466 e. The number of fused-ring (bicyclic) bond motifs is 6. The van der Waals surface area contributed by atoms with Crippen LogP contribution in [-0.2, 0) is 19.1 Å². The maximum absolute atomic E-state index is 12.4. The zero-order chi connectivity index (χ0) is 14.1. The second-order valence-corrected chi connectivity index (χ2v) is 6.35. The van der Waals surface area contributed by atoms with Crippen molar-refractivity contribution in [1.29, 1.82) is 0 Å². The van der Waals surface area contributed by atoms with E-state index in [-0.39, 0.29) is 35.9 Å². The number of epoxide rings is 1. The molecule has 0 aromatic heterocycles. The number of rotatable bonds is 3. The van der Waals surface area contributed by atoms with Crippen molar-refractivity contribution in [3.8, 4) is 0 Å². The average Bonchev–Trinajstić information content (AvgIpc) is 2.97. The third-order valence-electron chi connectivity index (χ3n) is 5.36. The first-order valence-electron chi connectivity index (χ1n) is 7.31. The molecule has 5 heteroatoms. The van der Waals surface area contributed by atoms with E-state index >= 15 is 0 Å². The van der Waals surface area contributed by atoms with Crippen molar-refractivity contribution in [3.63, 3.8) is 0 Å². The molecule has 2 saturated carbocycles. The van der Waals surface area contributed by atoms with E-state index in [1.54, 1.807) is 6.92 Å². The van der Waals surface area contributed by atoms with Crippen molar-refractivity contribution in [1.82, 2.24) is 0 Å². The van der Waals surface area contributed by atoms with Gasteiger partial charge in [0.15, 0.2) is 5.78 Å². The van der Waals surface area contributed by atoms with Gasteiger partial charge in [-0.3, -0.25) is 9.59 Å². The van der Waals surface area contributed by atoms with Crippen molar-refractivity contribution >= 4 is 11.8 Å². The first-order valence-corrected chi connectivity index (χ1v) is 7.31. The third-order valence-corrected chi connectivity index (χ3v) is 5.36. The highest BCUT2D eigenvalue weighted by Crippen LogP contribution is 2.61. The summed E-state index contributed by atoms with van der Waals surface area (Å²) in [7, 11) is 0. The number of esters is 1. The molecule has 0 spiro atoms. The summed E-state index contributed by atoms with van der Waals surface area (Å²) in [5.41, 5.74) is -1.25. The van der Waals surface area contributed by atoms with Crippen molar-refractivity contribution in [2.75, 3.05) is 6.61 Å². The molecule has 7 atom stereocenters.